The second kappa shape index (κ2) is 17.9. The van der Waals surface area contributed by atoms with Crippen LogP contribution in [0, 0.1) is 5.92 Å². The lowest BCUT2D eigenvalue weighted by Gasteiger charge is -2.39. The standard InChI is InChI=1S/C37H50N4O8S2/c1-6-27(2)12-10-11-23-51(46,47)31-18-15-29(16-19-31)38-36(42)32-24-30(17-20-34(32)40(3)50(5,44)45)41-22-21-33(35(25-41)48-4)39-37(43)49-26-28-13-8-7-9-14-28/h7-9,13-20,24,27,33,35H,6,10-12,21-23,25-26H2,1-5H3,(H,38,42)(H,39,43)/t27-,33+,35+/m1/s1. The van der Waals surface area contributed by atoms with Crippen molar-refractivity contribution >= 4 is 48.9 Å². The van der Waals surface area contributed by atoms with Gasteiger partial charge < -0.3 is 25.0 Å². The molecule has 1 fully saturated rings. The van der Waals surface area contributed by atoms with Crippen molar-refractivity contribution in [2.24, 2.45) is 5.92 Å². The fraction of sp³-hybridized carbons (Fsp3) is 0.459. The number of nitrogens with one attached hydrogen (secondary N) is 2. The number of benzene rings is 3. The molecule has 2 amide bonds. The molecule has 3 atom stereocenters. The van der Waals surface area contributed by atoms with Crippen LogP contribution < -0.4 is 19.8 Å². The Balaban J connectivity index is 1.46. The summed E-state index contributed by atoms with van der Waals surface area (Å²) in [7, 11) is -4.26. The second-order valence-electron chi connectivity index (χ2n) is 13.1. The predicted octanol–water partition coefficient (Wildman–Crippen LogP) is 5.84. The number of carbonyl (C=O) groups excluding carboxylic acids is 2. The van der Waals surface area contributed by atoms with E-state index >= 15 is 0 Å². The molecule has 0 bridgehead atoms. The van der Waals surface area contributed by atoms with Crippen LogP contribution in [0.5, 0.6) is 0 Å². The topological polar surface area (TPSA) is 151 Å². The minimum atomic E-state index is -3.71. The Morgan fingerprint density at radius 1 is 1.00 bits per heavy atom. The summed E-state index contributed by atoms with van der Waals surface area (Å²) in [6, 6.07) is 20.0. The fourth-order valence-electron chi connectivity index (χ4n) is 5.88. The Bertz CT molecular complexity index is 1840. The van der Waals surface area contributed by atoms with E-state index < -0.39 is 38.0 Å². The lowest BCUT2D eigenvalue weighted by molar-refractivity contribution is 0.0546. The van der Waals surface area contributed by atoms with Crippen molar-refractivity contribution in [3.8, 4) is 0 Å². The molecule has 1 aliphatic heterocycles. The van der Waals surface area contributed by atoms with Crippen LogP contribution in [-0.2, 0) is 35.9 Å². The summed E-state index contributed by atoms with van der Waals surface area (Å²) in [4.78, 5) is 28.5. The molecule has 2 N–H and O–H groups in total. The third kappa shape index (κ3) is 11.2. The molecule has 1 saturated heterocycles. The largest absolute Gasteiger partial charge is 0.445 e. The monoisotopic (exact) mass is 742 g/mol. The van der Waals surface area contributed by atoms with Crippen molar-refractivity contribution in [3.05, 3.63) is 83.9 Å². The smallest absolute Gasteiger partial charge is 0.407 e. The van der Waals surface area contributed by atoms with E-state index in [9.17, 15) is 26.4 Å². The number of sulfonamides is 1. The van der Waals surface area contributed by atoms with E-state index in [0.29, 0.717) is 43.2 Å². The van der Waals surface area contributed by atoms with E-state index in [4.69, 9.17) is 9.47 Å². The number of carbonyl (C=O) groups is 2. The van der Waals surface area contributed by atoms with Gasteiger partial charge in [0.05, 0.1) is 40.3 Å². The van der Waals surface area contributed by atoms with Gasteiger partial charge in [-0.25, -0.2) is 21.6 Å². The van der Waals surface area contributed by atoms with Crippen molar-refractivity contribution in [3.63, 3.8) is 0 Å². The van der Waals surface area contributed by atoms with Crippen molar-refractivity contribution in [1.29, 1.82) is 0 Å². The van der Waals surface area contributed by atoms with Gasteiger partial charge in [-0.3, -0.25) is 9.10 Å². The highest BCUT2D eigenvalue weighted by Gasteiger charge is 2.32. The van der Waals surface area contributed by atoms with Crippen LogP contribution in [-0.4, -0.2) is 80.2 Å². The zero-order valence-corrected chi connectivity index (χ0v) is 31.6. The number of rotatable bonds is 16. The number of piperidine rings is 1. The number of hydrogen-bond acceptors (Lipinski definition) is 9. The SMILES string of the molecule is CC[C@@H](C)CCCCS(=O)(=O)c1ccc(NC(=O)c2cc(N3CC[C@H](NC(=O)OCc4ccccc4)[C@@H](OC)C3)ccc2N(C)S(C)(=O)=O)cc1. The third-order valence-electron chi connectivity index (χ3n) is 9.33. The van der Waals surface area contributed by atoms with Crippen LogP contribution in [0.4, 0.5) is 21.9 Å². The molecular weight excluding hydrogens is 693 g/mol. The number of nitrogens with zero attached hydrogens (tertiary/aromatic N) is 2. The molecule has 0 saturated carbocycles. The van der Waals surface area contributed by atoms with Gasteiger partial charge in [-0.2, -0.15) is 0 Å². The summed E-state index contributed by atoms with van der Waals surface area (Å²) in [5.74, 6) is 0.0523. The van der Waals surface area contributed by atoms with Crippen LogP contribution in [0.3, 0.4) is 0 Å². The fourth-order valence-corrected chi connectivity index (χ4v) is 7.76. The van der Waals surface area contributed by atoms with E-state index in [1.807, 2.05) is 35.2 Å². The molecule has 3 aromatic carbocycles. The average Bonchev–Trinajstić information content (AvgIpc) is 3.12. The number of alkyl carbamates (subject to hydrolysis) is 1. The summed E-state index contributed by atoms with van der Waals surface area (Å²) >= 11 is 0. The van der Waals surface area contributed by atoms with Gasteiger partial charge in [0.25, 0.3) is 5.91 Å². The summed E-state index contributed by atoms with van der Waals surface area (Å²) in [5, 5.41) is 5.70. The molecule has 1 heterocycles. The molecule has 14 heteroatoms. The van der Waals surface area contributed by atoms with Crippen LogP contribution in [0.15, 0.2) is 77.7 Å². The molecule has 1 aliphatic rings. The Morgan fingerprint density at radius 3 is 2.35 bits per heavy atom. The Hall–Kier alpha value is -4.14. The van der Waals surface area contributed by atoms with Crippen LogP contribution >= 0.6 is 0 Å². The summed E-state index contributed by atoms with van der Waals surface area (Å²) in [5.41, 5.74) is 2.18. The van der Waals surface area contributed by atoms with Gasteiger partial charge in [-0.05, 0) is 66.8 Å². The van der Waals surface area contributed by atoms with Gasteiger partial charge in [0.15, 0.2) is 9.84 Å². The van der Waals surface area contributed by atoms with E-state index in [1.54, 1.807) is 25.3 Å². The van der Waals surface area contributed by atoms with Gasteiger partial charge in [0, 0.05) is 38.6 Å². The highest BCUT2D eigenvalue weighted by Crippen LogP contribution is 2.30. The molecule has 0 aliphatic carbocycles. The number of hydrogen-bond donors (Lipinski definition) is 2. The lowest BCUT2D eigenvalue weighted by Crippen LogP contribution is -2.55. The quantitative estimate of drug-likeness (QED) is 0.172. The first-order valence-electron chi connectivity index (χ1n) is 17.2. The average molecular weight is 743 g/mol. The minimum absolute atomic E-state index is 0.0543. The zero-order valence-electron chi connectivity index (χ0n) is 30.0. The molecule has 0 unspecified atom stereocenters. The summed E-state index contributed by atoms with van der Waals surface area (Å²) in [6.45, 7) is 5.33. The van der Waals surface area contributed by atoms with Crippen LogP contribution in [0.2, 0.25) is 0 Å². The molecule has 12 nitrogen and oxygen atoms in total. The number of anilines is 3. The molecule has 0 spiro atoms. The lowest BCUT2D eigenvalue weighted by atomic mass is 10.0. The normalized spacial score (nSPS) is 17.0. The zero-order chi connectivity index (χ0) is 37.2. The first-order valence-corrected chi connectivity index (χ1v) is 20.7. The van der Waals surface area contributed by atoms with Gasteiger partial charge >= 0.3 is 6.09 Å². The first-order chi connectivity index (χ1) is 24.2. The van der Waals surface area contributed by atoms with Gasteiger partial charge in [-0.1, -0.05) is 63.4 Å². The Kier molecular flexibility index (Phi) is 13.9. The number of sulfone groups is 1. The number of unbranched alkanes of at least 4 members (excludes halogenated alkanes) is 1. The second-order valence-corrected chi connectivity index (χ2v) is 17.2. The molecular formula is C37H50N4O8S2. The molecule has 0 aromatic heterocycles. The maximum Gasteiger partial charge on any atom is 0.407 e. The first kappa shape index (κ1) is 39.6. The minimum Gasteiger partial charge on any atom is -0.445 e. The van der Waals surface area contributed by atoms with E-state index in [0.717, 1.165) is 35.4 Å². The van der Waals surface area contributed by atoms with Gasteiger partial charge in [-0.15, -0.1) is 0 Å². The van der Waals surface area contributed by atoms with E-state index in [1.165, 1.54) is 31.3 Å². The van der Waals surface area contributed by atoms with Crippen molar-refractivity contribution in [2.45, 2.75) is 69.6 Å². The number of amides is 2. The number of methoxy groups -OCH3 is 1. The molecule has 278 valence electrons. The van der Waals surface area contributed by atoms with E-state index in [2.05, 4.69) is 24.5 Å². The maximum absolute atomic E-state index is 13.7. The predicted molar refractivity (Wildman–Crippen MR) is 201 cm³/mol. The highest BCUT2D eigenvalue weighted by molar-refractivity contribution is 7.92. The molecule has 51 heavy (non-hydrogen) atoms. The number of ether oxygens (including phenoxy) is 2. The summed E-state index contributed by atoms with van der Waals surface area (Å²) < 4.78 is 63.0. The molecule has 3 aromatic rings. The molecule has 0 radical (unpaired) electrons. The van der Waals surface area contributed by atoms with Crippen molar-refractivity contribution in [1.82, 2.24) is 5.32 Å². The van der Waals surface area contributed by atoms with Crippen LogP contribution in [0.1, 0.15) is 61.9 Å². The van der Waals surface area contributed by atoms with E-state index in [-0.39, 0.29) is 34.5 Å². The third-order valence-corrected chi connectivity index (χ3v) is 12.3. The van der Waals surface area contributed by atoms with Crippen LogP contribution in [0.25, 0.3) is 0 Å². The summed E-state index contributed by atoms with van der Waals surface area (Å²) in [6.07, 6.45) is 4.12. The van der Waals surface area contributed by atoms with Gasteiger partial charge in [0.2, 0.25) is 10.0 Å². The van der Waals surface area contributed by atoms with Crippen molar-refractivity contribution in [2.75, 3.05) is 53.8 Å². The maximum atomic E-state index is 13.7. The van der Waals surface area contributed by atoms with Gasteiger partial charge in [0.1, 0.15) is 6.61 Å². The Morgan fingerprint density at radius 2 is 1.71 bits per heavy atom. The Labute approximate surface area is 302 Å². The molecule has 4 rings (SSSR count). The highest BCUT2D eigenvalue weighted by atomic mass is 32.2. The van der Waals surface area contributed by atoms with Crippen molar-refractivity contribution < 1.29 is 35.9 Å².